The summed E-state index contributed by atoms with van der Waals surface area (Å²) in [4.78, 5) is 6.39. The molecule has 3 aromatic rings. The third-order valence-electron chi connectivity index (χ3n) is 3.15. The Hall–Kier alpha value is -1.20. The second-order valence-corrected chi connectivity index (χ2v) is 8.00. The average Bonchev–Trinajstić information content (AvgIpc) is 2.97. The normalized spacial score (nSPS) is 10.7. The second kappa shape index (κ2) is 8.06. The van der Waals surface area contributed by atoms with Crippen LogP contribution in [0.1, 0.15) is 10.4 Å². The lowest BCUT2D eigenvalue weighted by Crippen LogP contribution is -1.98. The van der Waals surface area contributed by atoms with Gasteiger partial charge in [0.2, 0.25) is 0 Å². The largest absolute Gasteiger partial charge is 0.379 e. The minimum absolute atomic E-state index is 0.574. The molecule has 0 radical (unpaired) electrons. The van der Waals surface area contributed by atoms with Gasteiger partial charge in [0.05, 0.1) is 6.54 Å². The van der Waals surface area contributed by atoms with Gasteiger partial charge in [-0.1, -0.05) is 47.5 Å². The zero-order chi connectivity index (χ0) is 16.1. The molecule has 0 fully saturated rings. The van der Waals surface area contributed by atoms with E-state index in [9.17, 15) is 0 Å². The third kappa shape index (κ3) is 4.88. The molecular formula is C17H14Cl2N2S2. The first-order valence-corrected chi connectivity index (χ1v) is 9.57. The molecule has 1 aromatic heterocycles. The molecule has 0 saturated heterocycles. The van der Waals surface area contributed by atoms with Crippen molar-refractivity contribution in [3.63, 3.8) is 0 Å². The van der Waals surface area contributed by atoms with Gasteiger partial charge in [0, 0.05) is 32.4 Å². The van der Waals surface area contributed by atoms with Crippen LogP contribution in [-0.2, 0) is 12.3 Å². The summed E-state index contributed by atoms with van der Waals surface area (Å²) in [5.41, 5.74) is 2.33. The van der Waals surface area contributed by atoms with Gasteiger partial charge in [-0.15, -0.1) is 23.1 Å². The third-order valence-corrected chi connectivity index (χ3v) is 5.64. The number of hydrogen-bond donors (Lipinski definition) is 1. The van der Waals surface area contributed by atoms with Crippen molar-refractivity contribution in [2.24, 2.45) is 0 Å². The van der Waals surface area contributed by atoms with E-state index in [1.807, 2.05) is 30.5 Å². The topological polar surface area (TPSA) is 24.9 Å². The van der Waals surface area contributed by atoms with Gasteiger partial charge in [0.15, 0.2) is 4.47 Å². The molecule has 0 saturated carbocycles. The number of para-hydroxylation sites is 1. The van der Waals surface area contributed by atoms with Gasteiger partial charge in [0.1, 0.15) is 0 Å². The Morgan fingerprint density at radius 2 is 1.96 bits per heavy atom. The first kappa shape index (κ1) is 16.7. The summed E-state index contributed by atoms with van der Waals surface area (Å²) in [6.45, 7) is 0.721. The number of nitrogens with zero attached hydrogens (tertiary/aromatic N) is 1. The lowest BCUT2D eigenvalue weighted by Gasteiger charge is -2.11. The van der Waals surface area contributed by atoms with Crippen LogP contribution in [0.15, 0.2) is 59.6 Å². The van der Waals surface area contributed by atoms with Crippen LogP contribution < -0.4 is 5.32 Å². The van der Waals surface area contributed by atoms with Crippen LogP contribution in [0.25, 0.3) is 0 Å². The van der Waals surface area contributed by atoms with Crippen molar-refractivity contribution in [3.05, 3.63) is 74.7 Å². The molecule has 0 amide bonds. The average molecular weight is 381 g/mol. The monoisotopic (exact) mass is 380 g/mol. The van der Waals surface area contributed by atoms with E-state index in [2.05, 4.69) is 34.6 Å². The lowest BCUT2D eigenvalue weighted by molar-refractivity contribution is 1.15. The molecule has 0 aliphatic heterocycles. The molecule has 3 rings (SSSR count). The Morgan fingerprint density at radius 3 is 2.74 bits per heavy atom. The quantitative estimate of drug-likeness (QED) is 0.503. The highest BCUT2D eigenvalue weighted by molar-refractivity contribution is 7.98. The van der Waals surface area contributed by atoms with Crippen molar-refractivity contribution in [1.29, 1.82) is 0 Å². The number of anilines is 1. The molecule has 6 heteroatoms. The fourth-order valence-corrected chi connectivity index (χ4v) is 4.18. The number of aromatic nitrogens is 1. The van der Waals surface area contributed by atoms with Crippen molar-refractivity contribution >= 4 is 52.0 Å². The molecular weight excluding hydrogens is 367 g/mol. The summed E-state index contributed by atoms with van der Waals surface area (Å²) in [6.07, 6.45) is 1.81. The Kier molecular flexibility index (Phi) is 5.84. The first-order valence-electron chi connectivity index (χ1n) is 7.01. The number of thiazole rings is 1. The van der Waals surface area contributed by atoms with E-state index >= 15 is 0 Å². The zero-order valence-corrected chi connectivity index (χ0v) is 15.3. The Labute approximate surface area is 153 Å². The lowest BCUT2D eigenvalue weighted by atomic mass is 10.2. The number of nitrogens with one attached hydrogen (secondary N) is 1. The van der Waals surface area contributed by atoms with Gasteiger partial charge < -0.3 is 5.32 Å². The van der Waals surface area contributed by atoms with E-state index in [0.717, 1.165) is 27.9 Å². The smallest absolute Gasteiger partial charge is 0.183 e. The molecule has 0 aliphatic rings. The highest BCUT2D eigenvalue weighted by atomic mass is 35.5. The van der Waals surface area contributed by atoms with Crippen molar-refractivity contribution in [2.75, 3.05) is 5.32 Å². The molecule has 0 unspecified atom stereocenters. The minimum atomic E-state index is 0.574. The molecule has 0 aliphatic carbocycles. The number of hydrogen-bond acceptors (Lipinski definition) is 4. The molecule has 0 spiro atoms. The SMILES string of the molecule is Clc1cccc(CSc2ccccc2NCc2cnc(Cl)s2)c1. The number of benzene rings is 2. The summed E-state index contributed by atoms with van der Waals surface area (Å²) in [5.74, 6) is 0.881. The number of thioether (sulfide) groups is 1. The number of rotatable bonds is 6. The molecule has 2 nitrogen and oxygen atoms in total. The van der Waals surface area contributed by atoms with Crippen molar-refractivity contribution in [1.82, 2.24) is 4.98 Å². The van der Waals surface area contributed by atoms with E-state index in [-0.39, 0.29) is 0 Å². The minimum Gasteiger partial charge on any atom is -0.379 e. The molecule has 0 atom stereocenters. The van der Waals surface area contributed by atoms with Gasteiger partial charge in [-0.2, -0.15) is 0 Å². The van der Waals surface area contributed by atoms with E-state index in [4.69, 9.17) is 23.2 Å². The molecule has 2 aromatic carbocycles. The van der Waals surface area contributed by atoms with Gasteiger partial charge >= 0.3 is 0 Å². The fourth-order valence-electron chi connectivity index (χ4n) is 2.07. The van der Waals surface area contributed by atoms with Crippen LogP contribution in [0, 0.1) is 0 Å². The van der Waals surface area contributed by atoms with Crippen LogP contribution >= 0.6 is 46.3 Å². The van der Waals surface area contributed by atoms with Crippen LogP contribution in [-0.4, -0.2) is 4.98 Å². The zero-order valence-electron chi connectivity index (χ0n) is 12.1. The maximum Gasteiger partial charge on any atom is 0.183 e. The van der Waals surface area contributed by atoms with Crippen LogP contribution in [0.5, 0.6) is 0 Å². The van der Waals surface area contributed by atoms with Gasteiger partial charge in [-0.05, 0) is 29.8 Å². The van der Waals surface area contributed by atoms with Crippen molar-refractivity contribution in [3.8, 4) is 0 Å². The van der Waals surface area contributed by atoms with E-state index in [1.54, 1.807) is 11.8 Å². The molecule has 1 heterocycles. The van der Waals surface area contributed by atoms with Crippen LogP contribution in [0.2, 0.25) is 9.49 Å². The summed E-state index contributed by atoms with van der Waals surface area (Å²) in [6, 6.07) is 16.3. The molecule has 0 bridgehead atoms. The standard InChI is InChI=1S/C17H14Cl2N2S2/c18-13-5-3-4-12(8-13)11-22-16-7-2-1-6-15(16)20-9-14-10-21-17(19)23-14/h1-8,10,20H,9,11H2. The maximum absolute atomic E-state index is 6.04. The summed E-state index contributed by atoms with van der Waals surface area (Å²) in [7, 11) is 0. The van der Waals surface area contributed by atoms with Gasteiger partial charge in [-0.25, -0.2) is 4.98 Å². The highest BCUT2D eigenvalue weighted by Gasteiger charge is 2.05. The Bertz CT molecular complexity index is 790. The Morgan fingerprint density at radius 1 is 1.09 bits per heavy atom. The maximum atomic E-state index is 6.04. The summed E-state index contributed by atoms with van der Waals surface area (Å²) < 4.78 is 0.574. The first-order chi connectivity index (χ1) is 11.2. The van der Waals surface area contributed by atoms with E-state index in [1.165, 1.54) is 21.8 Å². The summed E-state index contributed by atoms with van der Waals surface area (Å²) >= 11 is 15.2. The fraction of sp³-hybridized carbons (Fsp3) is 0.118. The van der Waals surface area contributed by atoms with Gasteiger partial charge in [0.25, 0.3) is 0 Å². The van der Waals surface area contributed by atoms with E-state index < -0.39 is 0 Å². The van der Waals surface area contributed by atoms with Crippen molar-refractivity contribution in [2.45, 2.75) is 17.2 Å². The predicted octanol–water partition coefficient (Wildman–Crippen LogP) is 6.35. The van der Waals surface area contributed by atoms with Crippen LogP contribution in [0.4, 0.5) is 5.69 Å². The van der Waals surface area contributed by atoms with E-state index in [0.29, 0.717) is 4.47 Å². The second-order valence-electron chi connectivity index (χ2n) is 4.85. The molecule has 1 N–H and O–H groups in total. The molecule has 118 valence electrons. The molecule has 23 heavy (non-hydrogen) atoms. The highest BCUT2D eigenvalue weighted by Crippen LogP contribution is 2.31. The number of halogens is 2. The predicted molar refractivity (Wildman–Crippen MR) is 102 cm³/mol. The van der Waals surface area contributed by atoms with Crippen molar-refractivity contribution < 1.29 is 0 Å². The van der Waals surface area contributed by atoms with Crippen LogP contribution in [0.3, 0.4) is 0 Å². The summed E-state index contributed by atoms with van der Waals surface area (Å²) in [5, 5.41) is 4.23. The van der Waals surface area contributed by atoms with Gasteiger partial charge in [-0.3, -0.25) is 0 Å². The Balaban J connectivity index is 1.65.